The number of piperidine rings is 1. The largest absolute Gasteiger partial charge is 0.372 e. The van der Waals surface area contributed by atoms with Crippen molar-refractivity contribution in [1.82, 2.24) is 14.4 Å². The van der Waals surface area contributed by atoms with Gasteiger partial charge in [-0.15, -0.1) is 6.58 Å². The number of nitrogens with two attached hydrogens (primary N) is 1. The number of aromatic nitrogens is 3. The topological polar surface area (TPSA) is 68.7 Å². The zero-order valence-electron chi connectivity index (χ0n) is 16.9. The van der Waals surface area contributed by atoms with Crippen LogP contribution >= 0.6 is 35.0 Å². The third-order valence-electron chi connectivity index (χ3n) is 6.45. The van der Waals surface area contributed by atoms with Gasteiger partial charge in [-0.2, -0.15) is 0 Å². The molecule has 2 N–H and O–H groups in total. The fourth-order valence-electron chi connectivity index (χ4n) is 4.54. The van der Waals surface area contributed by atoms with E-state index in [9.17, 15) is 0 Å². The summed E-state index contributed by atoms with van der Waals surface area (Å²) in [6.45, 7) is 6.31. The average molecular weight is 476 g/mol. The molecule has 2 aliphatic heterocycles. The maximum atomic E-state index is 6.51. The molecule has 0 unspecified atom stereocenters. The summed E-state index contributed by atoms with van der Waals surface area (Å²) >= 11 is 14.1. The summed E-state index contributed by atoms with van der Waals surface area (Å²) in [5, 5.41) is 2.00. The number of benzene rings is 1. The van der Waals surface area contributed by atoms with E-state index in [1.165, 1.54) is 11.8 Å². The van der Waals surface area contributed by atoms with Crippen molar-refractivity contribution < 1.29 is 4.74 Å². The van der Waals surface area contributed by atoms with Crippen LogP contribution < -0.4 is 10.6 Å². The Kier molecular flexibility index (Phi) is 5.65. The fourth-order valence-corrected chi connectivity index (χ4v) is 5.94. The number of anilines is 1. The van der Waals surface area contributed by atoms with Gasteiger partial charge in [-0.05, 0) is 25.0 Å². The van der Waals surface area contributed by atoms with Gasteiger partial charge >= 0.3 is 0 Å². The molecule has 2 atom stereocenters. The van der Waals surface area contributed by atoms with Crippen molar-refractivity contribution in [3.63, 3.8) is 0 Å². The minimum atomic E-state index is -0.0548. The van der Waals surface area contributed by atoms with Crippen LogP contribution in [0.1, 0.15) is 12.8 Å². The van der Waals surface area contributed by atoms with E-state index in [1.54, 1.807) is 6.07 Å². The number of imidazole rings is 1. The van der Waals surface area contributed by atoms with Crippen LogP contribution in [0, 0.1) is 5.41 Å². The molecule has 9 heteroatoms. The zero-order valence-corrected chi connectivity index (χ0v) is 19.2. The SMILES string of the molecule is C=C[C@@H]1OCC2(CCN(c3ncc(Sc4cccc(Cl)c4Cl)n4cncc34)CC2)[C@@H]1N. The first-order valence-corrected chi connectivity index (χ1v) is 11.8. The fraction of sp³-hybridized carbons (Fsp3) is 0.364. The highest BCUT2D eigenvalue weighted by Crippen LogP contribution is 2.43. The van der Waals surface area contributed by atoms with E-state index in [-0.39, 0.29) is 17.6 Å². The lowest BCUT2D eigenvalue weighted by molar-refractivity contribution is 0.110. The minimum Gasteiger partial charge on any atom is -0.372 e. The summed E-state index contributed by atoms with van der Waals surface area (Å²) in [5.41, 5.74) is 7.49. The highest BCUT2D eigenvalue weighted by molar-refractivity contribution is 7.99. The second-order valence-corrected chi connectivity index (χ2v) is 9.96. The monoisotopic (exact) mass is 475 g/mol. The zero-order chi connectivity index (χ0) is 21.6. The molecule has 4 heterocycles. The van der Waals surface area contributed by atoms with Gasteiger partial charge in [-0.3, -0.25) is 4.40 Å². The van der Waals surface area contributed by atoms with Gasteiger partial charge in [0, 0.05) is 29.4 Å². The van der Waals surface area contributed by atoms with Crippen molar-refractivity contribution in [2.45, 2.75) is 34.9 Å². The molecule has 5 rings (SSSR count). The molecule has 0 saturated carbocycles. The van der Waals surface area contributed by atoms with Gasteiger partial charge in [-0.1, -0.05) is 47.1 Å². The Labute approximate surface area is 195 Å². The van der Waals surface area contributed by atoms with Gasteiger partial charge in [-0.25, -0.2) is 9.97 Å². The smallest absolute Gasteiger partial charge is 0.154 e. The molecular weight excluding hydrogens is 453 g/mol. The second kappa shape index (κ2) is 8.30. The molecule has 0 amide bonds. The molecule has 0 aliphatic carbocycles. The summed E-state index contributed by atoms with van der Waals surface area (Å²) in [6.07, 6.45) is 9.24. The standard InChI is InChI=1S/C22H23Cl2N5OS/c1-2-16-20(25)22(12-30-16)6-8-28(9-7-22)21-15-10-26-13-29(15)18(11-27-21)31-17-5-3-4-14(23)19(17)24/h2-5,10-11,13,16,20H,1,6-9,12,25H2/t16-,20+/m0/s1. The lowest BCUT2D eigenvalue weighted by atomic mass is 9.73. The van der Waals surface area contributed by atoms with Crippen LogP contribution in [0.15, 0.2) is 59.5 Å². The maximum Gasteiger partial charge on any atom is 0.154 e. The van der Waals surface area contributed by atoms with Gasteiger partial charge < -0.3 is 15.4 Å². The van der Waals surface area contributed by atoms with E-state index >= 15 is 0 Å². The molecule has 0 radical (unpaired) electrons. The van der Waals surface area contributed by atoms with E-state index in [0.29, 0.717) is 16.7 Å². The molecule has 3 aromatic rings. The highest BCUT2D eigenvalue weighted by Gasteiger charge is 2.48. The molecule has 0 bridgehead atoms. The van der Waals surface area contributed by atoms with Crippen LogP contribution in [-0.4, -0.2) is 46.2 Å². The molecule has 6 nitrogen and oxygen atoms in total. The number of halogens is 2. The Morgan fingerprint density at radius 2 is 2.06 bits per heavy atom. The Morgan fingerprint density at radius 3 is 2.81 bits per heavy atom. The second-order valence-electron chi connectivity index (χ2n) is 8.11. The summed E-state index contributed by atoms with van der Waals surface area (Å²) in [6, 6.07) is 5.62. The van der Waals surface area contributed by atoms with Gasteiger partial charge in [0.15, 0.2) is 5.82 Å². The van der Waals surface area contributed by atoms with Crippen LogP contribution in [0.5, 0.6) is 0 Å². The number of hydrogen-bond donors (Lipinski definition) is 1. The Hall–Kier alpha value is -1.77. The van der Waals surface area contributed by atoms with Crippen LogP contribution in [0.25, 0.3) is 5.52 Å². The van der Waals surface area contributed by atoms with Gasteiger partial charge in [0.05, 0.1) is 35.1 Å². The van der Waals surface area contributed by atoms with Crippen LogP contribution in [0.4, 0.5) is 5.82 Å². The molecule has 2 saturated heterocycles. The summed E-state index contributed by atoms with van der Waals surface area (Å²) in [7, 11) is 0. The maximum absolute atomic E-state index is 6.51. The predicted molar refractivity (Wildman–Crippen MR) is 125 cm³/mol. The molecule has 2 fully saturated rings. The van der Waals surface area contributed by atoms with Gasteiger partial charge in [0.1, 0.15) is 16.9 Å². The first-order valence-electron chi connectivity index (χ1n) is 10.2. The van der Waals surface area contributed by atoms with Crippen molar-refractivity contribution in [2.24, 2.45) is 11.1 Å². The Morgan fingerprint density at radius 1 is 1.26 bits per heavy atom. The summed E-state index contributed by atoms with van der Waals surface area (Å²) < 4.78 is 7.93. The molecule has 2 aliphatic rings. The van der Waals surface area contributed by atoms with Crippen molar-refractivity contribution in [3.05, 3.63) is 59.6 Å². The number of ether oxygens (including phenoxy) is 1. The first-order chi connectivity index (χ1) is 15.0. The van der Waals surface area contributed by atoms with Crippen molar-refractivity contribution in [2.75, 3.05) is 24.6 Å². The van der Waals surface area contributed by atoms with Crippen LogP contribution in [0.2, 0.25) is 10.0 Å². The quantitative estimate of drug-likeness (QED) is 0.552. The van der Waals surface area contributed by atoms with Crippen molar-refractivity contribution in [3.8, 4) is 0 Å². The van der Waals surface area contributed by atoms with Gasteiger partial charge in [0.2, 0.25) is 0 Å². The predicted octanol–water partition coefficient (Wildman–Crippen LogP) is 4.69. The third kappa shape index (κ3) is 3.62. The minimum absolute atomic E-state index is 0.00341. The lowest BCUT2D eigenvalue weighted by Gasteiger charge is -2.41. The summed E-state index contributed by atoms with van der Waals surface area (Å²) in [5.74, 6) is 0.932. The molecular formula is C22H23Cl2N5OS. The third-order valence-corrected chi connectivity index (χ3v) is 8.45. The molecule has 2 aromatic heterocycles. The number of fused-ring (bicyclic) bond motifs is 1. The van der Waals surface area contributed by atoms with Gasteiger partial charge in [0.25, 0.3) is 0 Å². The van der Waals surface area contributed by atoms with Crippen LogP contribution in [-0.2, 0) is 4.74 Å². The van der Waals surface area contributed by atoms with E-state index in [0.717, 1.165) is 47.2 Å². The van der Waals surface area contributed by atoms with Crippen molar-refractivity contribution in [1.29, 1.82) is 0 Å². The van der Waals surface area contributed by atoms with E-state index < -0.39 is 0 Å². The van der Waals surface area contributed by atoms with E-state index in [4.69, 9.17) is 38.7 Å². The van der Waals surface area contributed by atoms with Crippen LogP contribution in [0.3, 0.4) is 0 Å². The number of hydrogen-bond acceptors (Lipinski definition) is 6. The number of nitrogens with zero attached hydrogens (tertiary/aromatic N) is 4. The average Bonchev–Trinajstić information content (AvgIpc) is 3.39. The summed E-state index contributed by atoms with van der Waals surface area (Å²) in [4.78, 5) is 12.4. The van der Waals surface area contributed by atoms with E-state index in [2.05, 4.69) is 16.5 Å². The molecule has 1 spiro atoms. The lowest BCUT2D eigenvalue weighted by Crippen LogP contribution is -2.51. The number of rotatable bonds is 4. The Balaban J connectivity index is 1.39. The molecule has 162 valence electrons. The molecule has 1 aromatic carbocycles. The normalized spacial score (nSPS) is 23.0. The van der Waals surface area contributed by atoms with Crippen molar-refractivity contribution >= 4 is 46.3 Å². The molecule has 31 heavy (non-hydrogen) atoms. The highest BCUT2D eigenvalue weighted by atomic mass is 35.5. The first kappa shape index (κ1) is 21.1. The Bertz CT molecular complexity index is 1130. The van der Waals surface area contributed by atoms with E-state index in [1.807, 2.05) is 41.3 Å².